The number of nitrogens with zero attached hydrogens (tertiary/aromatic N) is 3. The highest BCUT2D eigenvalue weighted by atomic mass is 32.2. The second-order valence-corrected chi connectivity index (χ2v) is 13.3. The van der Waals surface area contributed by atoms with E-state index in [2.05, 4.69) is 17.5 Å². The molecule has 2 fully saturated rings. The Labute approximate surface area is 254 Å². The van der Waals surface area contributed by atoms with Crippen LogP contribution in [-0.4, -0.2) is 80.9 Å². The van der Waals surface area contributed by atoms with E-state index in [1.54, 1.807) is 30.3 Å². The molecule has 13 heteroatoms. The van der Waals surface area contributed by atoms with Crippen molar-refractivity contribution < 1.29 is 35.8 Å². The number of anilines is 1. The lowest BCUT2D eigenvalue weighted by Gasteiger charge is -2.46. The van der Waals surface area contributed by atoms with Crippen molar-refractivity contribution in [3.8, 4) is 0 Å². The fourth-order valence-electron chi connectivity index (χ4n) is 5.62. The van der Waals surface area contributed by atoms with Crippen LogP contribution < -0.4 is 4.90 Å². The zero-order chi connectivity index (χ0) is 31.0. The van der Waals surface area contributed by atoms with Gasteiger partial charge in [-0.2, -0.15) is 17.5 Å². The van der Waals surface area contributed by atoms with Gasteiger partial charge in [-0.15, -0.1) is 12.6 Å². The largest absolute Gasteiger partial charge is 0.421 e. The molecule has 3 atom stereocenters. The SMILES string of the molecule is CC(O)(c1ccc(N2CCN(S(=O)(=O)c3ccccc3S)C[C@@H]2CN2CCOCC2c2ccc(F)cc2)cc1)C(F)(F)F. The van der Waals surface area contributed by atoms with E-state index in [-0.39, 0.29) is 42.0 Å². The van der Waals surface area contributed by atoms with Crippen molar-refractivity contribution in [1.29, 1.82) is 0 Å². The molecule has 0 radical (unpaired) electrons. The maximum absolute atomic E-state index is 13.7. The van der Waals surface area contributed by atoms with E-state index in [9.17, 15) is 31.1 Å². The number of benzene rings is 3. The van der Waals surface area contributed by atoms with E-state index in [1.165, 1.54) is 46.8 Å². The van der Waals surface area contributed by atoms with Gasteiger partial charge in [-0.05, 0) is 54.4 Å². The zero-order valence-electron chi connectivity index (χ0n) is 23.4. The lowest BCUT2D eigenvalue weighted by atomic mass is 9.95. The van der Waals surface area contributed by atoms with Crippen LogP contribution in [0.15, 0.2) is 82.6 Å². The normalized spacial score (nSPS) is 22.3. The molecule has 0 amide bonds. The molecular weight excluding hydrogens is 606 g/mol. The molecule has 3 aromatic rings. The van der Waals surface area contributed by atoms with E-state index < -0.39 is 27.8 Å². The first-order chi connectivity index (χ1) is 20.3. The Balaban J connectivity index is 1.46. The molecular formula is C30H33F4N3O4S2. The third kappa shape index (κ3) is 6.57. The summed E-state index contributed by atoms with van der Waals surface area (Å²) in [6, 6.07) is 17.6. The van der Waals surface area contributed by atoms with Gasteiger partial charge in [-0.3, -0.25) is 4.90 Å². The van der Waals surface area contributed by atoms with Gasteiger partial charge >= 0.3 is 6.18 Å². The van der Waals surface area contributed by atoms with Crippen molar-refractivity contribution in [2.75, 3.05) is 50.8 Å². The topological polar surface area (TPSA) is 73.3 Å². The predicted octanol–water partition coefficient (Wildman–Crippen LogP) is 4.84. The maximum Gasteiger partial charge on any atom is 0.421 e. The Kier molecular flexibility index (Phi) is 9.13. The second kappa shape index (κ2) is 12.4. The molecule has 3 aromatic carbocycles. The number of morpholine rings is 1. The Morgan fingerprint density at radius 3 is 2.30 bits per heavy atom. The molecule has 2 aliphatic rings. The Bertz CT molecular complexity index is 1520. The summed E-state index contributed by atoms with van der Waals surface area (Å²) in [7, 11) is -3.90. The van der Waals surface area contributed by atoms with Crippen molar-refractivity contribution in [1.82, 2.24) is 9.21 Å². The van der Waals surface area contributed by atoms with E-state index in [0.29, 0.717) is 43.8 Å². The highest BCUT2D eigenvalue weighted by Crippen LogP contribution is 2.39. The average molecular weight is 640 g/mol. The second-order valence-electron chi connectivity index (χ2n) is 10.9. The quantitative estimate of drug-likeness (QED) is 0.285. The maximum atomic E-state index is 13.7. The Hall–Kier alpha value is -2.68. The zero-order valence-corrected chi connectivity index (χ0v) is 25.1. The molecule has 232 valence electrons. The van der Waals surface area contributed by atoms with Gasteiger partial charge in [0.2, 0.25) is 10.0 Å². The van der Waals surface area contributed by atoms with Crippen LogP contribution in [0.5, 0.6) is 0 Å². The lowest BCUT2D eigenvalue weighted by molar-refractivity contribution is -0.258. The minimum absolute atomic E-state index is 0.0971. The number of aliphatic hydroxyl groups is 1. The number of alkyl halides is 3. The van der Waals surface area contributed by atoms with E-state index in [1.807, 2.05) is 4.90 Å². The molecule has 1 N–H and O–H groups in total. The Morgan fingerprint density at radius 1 is 0.977 bits per heavy atom. The van der Waals surface area contributed by atoms with Gasteiger partial charge in [0.05, 0.1) is 30.2 Å². The molecule has 0 aromatic heterocycles. The molecule has 2 heterocycles. The fraction of sp³-hybridized carbons (Fsp3) is 0.400. The molecule has 43 heavy (non-hydrogen) atoms. The van der Waals surface area contributed by atoms with Gasteiger partial charge < -0.3 is 14.7 Å². The standard InChI is InChI=1S/C30H33F4N3O4S2/c1-29(38,30(32,33)34)22-8-12-24(13-9-22)37-15-14-36(43(39,40)28-5-3-2-4-27(28)42)19-25(37)18-35-16-17-41-20-26(35)21-6-10-23(31)11-7-21/h2-13,25-26,38,42H,14-20H2,1H3/t25-,26?,29?/m0/s1. The van der Waals surface area contributed by atoms with Crippen LogP contribution in [0.3, 0.4) is 0 Å². The molecule has 2 saturated heterocycles. The number of hydrogen-bond donors (Lipinski definition) is 2. The minimum Gasteiger partial charge on any atom is -0.378 e. The molecule has 0 bridgehead atoms. The fourth-order valence-corrected chi connectivity index (χ4v) is 7.67. The molecule has 2 aliphatic heterocycles. The van der Waals surface area contributed by atoms with Crippen LogP contribution in [0.25, 0.3) is 0 Å². The van der Waals surface area contributed by atoms with Crippen molar-refractivity contribution in [3.63, 3.8) is 0 Å². The molecule has 5 rings (SSSR count). The van der Waals surface area contributed by atoms with Crippen molar-refractivity contribution in [3.05, 3.63) is 89.7 Å². The summed E-state index contributed by atoms with van der Waals surface area (Å²) in [5.41, 5.74) is -1.86. The first-order valence-corrected chi connectivity index (χ1v) is 15.7. The number of thiol groups is 1. The summed E-state index contributed by atoms with van der Waals surface area (Å²) in [5.74, 6) is -0.358. The van der Waals surface area contributed by atoms with Crippen LogP contribution >= 0.6 is 12.6 Å². The monoisotopic (exact) mass is 639 g/mol. The lowest BCUT2D eigenvalue weighted by Crippen LogP contribution is -2.59. The number of ether oxygens (including phenoxy) is 1. The van der Waals surface area contributed by atoms with E-state index in [4.69, 9.17) is 4.74 Å². The van der Waals surface area contributed by atoms with Crippen LogP contribution in [-0.2, 0) is 20.4 Å². The number of piperazine rings is 1. The Morgan fingerprint density at radius 2 is 1.65 bits per heavy atom. The molecule has 0 aliphatic carbocycles. The van der Waals surface area contributed by atoms with Gasteiger partial charge in [-0.1, -0.05) is 36.4 Å². The smallest absolute Gasteiger partial charge is 0.378 e. The minimum atomic E-state index is -4.86. The van der Waals surface area contributed by atoms with Crippen molar-refractivity contribution in [2.45, 2.75) is 40.6 Å². The molecule has 0 spiro atoms. The molecule has 7 nitrogen and oxygen atoms in total. The van der Waals surface area contributed by atoms with Crippen LogP contribution in [0, 0.1) is 5.82 Å². The van der Waals surface area contributed by atoms with Crippen LogP contribution in [0.2, 0.25) is 0 Å². The number of rotatable bonds is 7. The van der Waals surface area contributed by atoms with Gasteiger partial charge in [-0.25, -0.2) is 12.8 Å². The average Bonchev–Trinajstić information content (AvgIpc) is 2.97. The summed E-state index contributed by atoms with van der Waals surface area (Å²) in [5, 5.41) is 10.1. The van der Waals surface area contributed by atoms with Gasteiger partial charge in [0.1, 0.15) is 5.82 Å². The molecule has 2 unspecified atom stereocenters. The first kappa shape index (κ1) is 31.7. The summed E-state index contributed by atoms with van der Waals surface area (Å²) in [6.07, 6.45) is -4.86. The van der Waals surface area contributed by atoms with E-state index in [0.717, 1.165) is 5.56 Å². The number of halogens is 4. The third-order valence-corrected chi connectivity index (χ3v) is 10.6. The van der Waals surface area contributed by atoms with Gasteiger partial charge in [0.15, 0.2) is 5.60 Å². The highest BCUT2D eigenvalue weighted by molar-refractivity contribution is 7.90. The summed E-state index contributed by atoms with van der Waals surface area (Å²) in [6.45, 7) is 3.03. The summed E-state index contributed by atoms with van der Waals surface area (Å²) < 4.78 is 88.6. The number of hydrogen-bond acceptors (Lipinski definition) is 7. The van der Waals surface area contributed by atoms with Crippen LogP contribution in [0.1, 0.15) is 24.1 Å². The van der Waals surface area contributed by atoms with Crippen LogP contribution in [0.4, 0.5) is 23.2 Å². The highest BCUT2D eigenvalue weighted by Gasteiger charge is 2.51. The van der Waals surface area contributed by atoms with Crippen molar-refractivity contribution in [2.24, 2.45) is 0 Å². The first-order valence-electron chi connectivity index (χ1n) is 13.8. The molecule has 0 saturated carbocycles. The van der Waals surface area contributed by atoms with Gasteiger partial charge in [0, 0.05) is 43.3 Å². The summed E-state index contributed by atoms with van der Waals surface area (Å²) >= 11 is 4.36. The van der Waals surface area contributed by atoms with Crippen molar-refractivity contribution >= 4 is 28.3 Å². The van der Waals surface area contributed by atoms with E-state index >= 15 is 0 Å². The summed E-state index contributed by atoms with van der Waals surface area (Å²) in [4.78, 5) is 4.58. The predicted molar refractivity (Wildman–Crippen MR) is 157 cm³/mol. The number of sulfonamides is 1. The third-order valence-electron chi connectivity index (χ3n) is 8.18. The van der Waals surface area contributed by atoms with Gasteiger partial charge in [0.25, 0.3) is 0 Å².